The maximum atomic E-state index is 11.7. The molecule has 0 N–H and O–H groups in total. The van der Waals surface area contributed by atoms with Gasteiger partial charge in [0.05, 0.1) is 13.2 Å². The molecule has 0 saturated heterocycles. The normalized spacial score (nSPS) is 12.2. The van der Waals surface area contributed by atoms with E-state index < -0.39 is 17.9 Å². The number of hydrogen-bond donors (Lipinski definition) is 0. The van der Waals surface area contributed by atoms with Crippen LogP contribution in [0.1, 0.15) is 40.5 Å². The maximum Gasteiger partial charge on any atom is 0.320 e. The lowest BCUT2D eigenvalue weighted by Gasteiger charge is -2.13. The highest BCUT2D eigenvalue weighted by molar-refractivity contribution is 5.94. The minimum atomic E-state index is -0.918. The van der Waals surface area contributed by atoms with E-state index in [1.165, 1.54) is 6.92 Å². The van der Waals surface area contributed by atoms with E-state index >= 15 is 0 Å². The third-order valence-electron chi connectivity index (χ3n) is 2.52. The molecule has 0 fully saturated rings. The average molecular weight is 300 g/mol. The molecule has 0 bridgehead atoms. The van der Waals surface area contributed by atoms with Gasteiger partial charge in [0.2, 0.25) is 0 Å². The van der Waals surface area contributed by atoms with Gasteiger partial charge in [0.25, 0.3) is 0 Å². The molecular weight excluding hydrogens is 276 g/mol. The minimum absolute atomic E-state index is 0.216. The van der Waals surface area contributed by atoms with E-state index in [4.69, 9.17) is 14.2 Å². The molecule has 0 spiro atoms. The maximum absolute atomic E-state index is 11.7. The summed E-state index contributed by atoms with van der Waals surface area (Å²) >= 11 is 0. The van der Waals surface area contributed by atoms with Gasteiger partial charge >= 0.3 is 17.9 Å². The summed E-state index contributed by atoms with van der Waals surface area (Å²) in [5.74, 6) is -2.42. The molecule has 0 rings (SSSR count). The third kappa shape index (κ3) is 8.83. The third-order valence-corrected chi connectivity index (χ3v) is 2.52. The van der Waals surface area contributed by atoms with Crippen molar-refractivity contribution in [2.24, 2.45) is 5.92 Å². The number of ether oxygens (including phenoxy) is 3. The Morgan fingerprint density at radius 1 is 1.05 bits per heavy atom. The SMILES string of the molecule is CCOC(=O)C(CC/C=C/[C@@H](C)OC(C)=O)C(=O)OCC. The molecule has 0 aliphatic heterocycles. The van der Waals surface area contributed by atoms with Gasteiger partial charge in [-0.25, -0.2) is 0 Å². The molecule has 0 saturated carbocycles. The lowest BCUT2D eigenvalue weighted by Crippen LogP contribution is -2.28. The summed E-state index contributed by atoms with van der Waals surface area (Å²) in [5, 5.41) is 0. The van der Waals surface area contributed by atoms with Gasteiger partial charge in [-0.05, 0) is 39.7 Å². The van der Waals surface area contributed by atoms with Gasteiger partial charge in [0, 0.05) is 6.92 Å². The molecule has 0 amide bonds. The quantitative estimate of drug-likeness (QED) is 0.280. The van der Waals surface area contributed by atoms with E-state index in [1.54, 1.807) is 32.9 Å². The molecule has 0 heterocycles. The molecule has 1 atom stereocenters. The van der Waals surface area contributed by atoms with Gasteiger partial charge in [-0.15, -0.1) is 0 Å². The van der Waals surface area contributed by atoms with Crippen molar-refractivity contribution < 1.29 is 28.6 Å². The van der Waals surface area contributed by atoms with Crippen LogP contribution >= 0.6 is 0 Å². The highest BCUT2D eigenvalue weighted by atomic mass is 16.6. The second-order valence-corrected chi connectivity index (χ2v) is 4.38. The summed E-state index contributed by atoms with van der Waals surface area (Å²) in [4.78, 5) is 34.2. The molecule has 21 heavy (non-hydrogen) atoms. The number of allylic oxidation sites excluding steroid dienone is 1. The molecule has 0 aliphatic rings. The summed E-state index contributed by atoms with van der Waals surface area (Å²) in [6, 6.07) is 0. The highest BCUT2D eigenvalue weighted by Gasteiger charge is 2.28. The fourth-order valence-corrected chi connectivity index (χ4v) is 1.67. The van der Waals surface area contributed by atoms with Crippen molar-refractivity contribution in [3.63, 3.8) is 0 Å². The first-order chi connectivity index (χ1) is 9.92. The van der Waals surface area contributed by atoms with Crippen molar-refractivity contribution in [1.29, 1.82) is 0 Å². The molecule has 120 valence electrons. The first-order valence-electron chi connectivity index (χ1n) is 7.09. The Morgan fingerprint density at radius 3 is 2.00 bits per heavy atom. The molecule has 0 aliphatic carbocycles. The van der Waals surface area contributed by atoms with Gasteiger partial charge in [0.15, 0.2) is 5.92 Å². The van der Waals surface area contributed by atoms with Crippen molar-refractivity contribution >= 4 is 17.9 Å². The van der Waals surface area contributed by atoms with Crippen molar-refractivity contribution in [1.82, 2.24) is 0 Å². The zero-order valence-corrected chi connectivity index (χ0v) is 13.1. The van der Waals surface area contributed by atoms with Crippen LogP contribution in [0, 0.1) is 5.92 Å². The minimum Gasteiger partial charge on any atom is -0.465 e. The lowest BCUT2D eigenvalue weighted by molar-refractivity contribution is -0.161. The predicted molar refractivity (Wildman–Crippen MR) is 76.4 cm³/mol. The second kappa shape index (κ2) is 10.9. The van der Waals surface area contributed by atoms with E-state index in [0.717, 1.165) is 0 Å². The number of carbonyl (C=O) groups excluding carboxylic acids is 3. The molecule has 6 heteroatoms. The molecule has 0 radical (unpaired) electrons. The Kier molecular flexibility index (Phi) is 9.92. The Morgan fingerprint density at radius 2 is 1.57 bits per heavy atom. The standard InChI is InChI=1S/C15H24O6/c1-5-19-14(17)13(15(18)20-6-2)10-8-7-9-11(3)21-12(4)16/h7,9,11,13H,5-6,8,10H2,1-4H3/b9-7+/t11-/m1/s1. The van der Waals surface area contributed by atoms with Crippen molar-refractivity contribution in [2.45, 2.75) is 46.6 Å². The zero-order valence-electron chi connectivity index (χ0n) is 13.1. The van der Waals surface area contributed by atoms with Crippen LogP contribution in [0.4, 0.5) is 0 Å². The van der Waals surface area contributed by atoms with E-state index in [2.05, 4.69) is 0 Å². The van der Waals surface area contributed by atoms with Gasteiger partial charge in [-0.3, -0.25) is 14.4 Å². The summed E-state index contributed by atoms with van der Waals surface area (Å²) in [7, 11) is 0. The van der Waals surface area contributed by atoms with Crippen LogP contribution in [0.15, 0.2) is 12.2 Å². The van der Waals surface area contributed by atoms with E-state index in [-0.39, 0.29) is 25.3 Å². The fraction of sp³-hybridized carbons (Fsp3) is 0.667. The Hall–Kier alpha value is -1.85. The van der Waals surface area contributed by atoms with Gasteiger partial charge in [-0.1, -0.05) is 6.08 Å². The number of esters is 3. The number of hydrogen-bond acceptors (Lipinski definition) is 6. The smallest absolute Gasteiger partial charge is 0.320 e. The summed E-state index contributed by atoms with van der Waals surface area (Å²) < 4.78 is 14.7. The van der Waals surface area contributed by atoms with E-state index in [1.807, 2.05) is 0 Å². The first-order valence-corrected chi connectivity index (χ1v) is 7.09. The molecule has 0 aromatic heterocycles. The van der Waals surface area contributed by atoms with Crippen LogP contribution in [-0.2, 0) is 28.6 Å². The first kappa shape index (κ1) is 19.1. The van der Waals surface area contributed by atoms with Crippen LogP contribution < -0.4 is 0 Å². The summed E-state index contributed by atoms with van der Waals surface area (Å²) in [5.41, 5.74) is 0. The van der Waals surface area contributed by atoms with Crippen LogP contribution in [0.3, 0.4) is 0 Å². The van der Waals surface area contributed by atoms with E-state index in [9.17, 15) is 14.4 Å². The monoisotopic (exact) mass is 300 g/mol. The highest BCUT2D eigenvalue weighted by Crippen LogP contribution is 2.12. The van der Waals surface area contributed by atoms with Crippen LogP contribution in [0.25, 0.3) is 0 Å². The molecular formula is C15H24O6. The van der Waals surface area contributed by atoms with Crippen molar-refractivity contribution in [2.75, 3.05) is 13.2 Å². The van der Waals surface area contributed by atoms with Crippen molar-refractivity contribution in [3.8, 4) is 0 Å². The topological polar surface area (TPSA) is 78.9 Å². The second-order valence-electron chi connectivity index (χ2n) is 4.38. The largest absolute Gasteiger partial charge is 0.465 e. The Balaban J connectivity index is 4.41. The molecule has 6 nitrogen and oxygen atoms in total. The van der Waals surface area contributed by atoms with Crippen molar-refractivity contribution in [3.05, 3.63) is 12.2 Å². The van der Waals surface area contributed by atoms with E-state index in [0.29, 0.717) is 12.8 Å². The predicted octanol–water partition coefficient (Wildman–Crippen LogP) is 2.02. The zero-order chi connectivity index (χ0) is 16.3. The fourth-order valence-electron chi connectivity index (χ4n) is 1.67. The van der Waals surface area contributed by atoms with Crippen LogP contribution in [0.2, 0.25) is 0 Å². The Bertz CT molecular complexity index is 356. The average Bonchev–Trinajstić information content (AvgIpc) is 2.38. The molecule has 0 aromatic rings. The van der Waals surface area contributed by atoms with Gasteiger partial charge in [-0.2, -0.15) is 0 Å². The van der Waals surface area contributed by atoms with Gasteiger partial charge in [0.1, 0.15) is 6.10 Å². The molecule has 0 aromatic carbocycles. The van der Waals surface area contributed by atoms with Crippen LogP contribution in [-0.4, -0.2) is 37.2 Å². The summed E-state index contributed by atoms with van der Waals surface area (Å²) in [6.45, 7) is 6.86. The van der Waals surface area contributed by atoms with Crippen LogP contribution in [0.5, 0.6) is 0 Å². The van der Waals surface area contributed by atoms with Gasteiger partial charge < -0.3 is 14.2 Å². The lowest BCUT2D eigenvalue weighted by atomic mass is 10.0. The number of rotatable bonds is 9. The Labute approximate surface area is 125 Å². The summed E-state index contributed by atoms with van der Waals surface area (Å²) in [6.07, 6.45) is 3.90. The number of carbonyl (C=O) groups is 3. The molecule has 0 unspecified atom stereocenters.